The molecule has 2 saturated carbocycles. The van der Waals surface area contributed by atoms with E-state index in [1.54, 1.807) is 28.6 Å². The van der Waals surface area contributed by atoms with Crippen molar-refractivity contribution >= 4 is 27.5 Å². The molecule has 0 radical (unpaired) electrons. The summed E-state index contributed by atoms with van der Waals surface area (Å²) in [5.74, 6) is 0.934. The van der Waals surface area contributed by atoms with Gasteiger partial charge in [-0.3, -0.25) is 9.69 Å². The lowest BCUT2D eigenvalue weighted by atomic mass is 10.0. The smallest absolute Gasteiger partial charge is 0.243 e. The predicted octanol–water partition coefficient (Wildman–Crippen LogP) is 6.32. The summed E-state index contributed by atoms with van der Waals surface area (Å²) in [4.78, 5) is 20.2. The summed E-state index contributed by atoms with van der Waals surface area (Å²) >= 11 is 5.74. The largest absolute Gasteiger partial charge is 0.340 e. The van der Waals surface area contributed by atoms with Crippen LogP contribution >= 0.6 is 11.6 Å². The van der Waals surface area contributed by atoms with Crippen molar-refractivity contribution in [3.8, 4) is 0 Å². The van der Waals surface area contributed by atoms with E-state index >= 15 is 0 Å². The second-order valence-electron chi connectivity index (χ2n) is 11.1. The third kappa shape index (κ3) is 12.0. The van der Waals surface area contributed by atoms with Crippen LogP contribution in [0.3, 0.4) is 0 Å². The van der Waals surface area contributed by atoms with Crippen molar-refractivity contribution in [2.45, 2.75) is 95.9 Å². The fraction of sp³-hybridized carbons (Fsp3) is 0.759. The standard InChI is InChI=1S/C13H23FN2O2.C11H14ClNO2S.C3H6.C2H6/c1-13(2,10-18-14)16-7-5-15(6-8-16)12(17)9-11-3-4-11;12-10-4-6-11(7-5-10)16(14,15)13-8-2-1-3-9-13;1-2-3-1;1-2/h11H,3-10H2,1-2H3;4-7H,1-3,8-9H2;1-3H2;1-2H3. The molecule has 0 N–H and O–H groups in total. The van der Waals surface area contributed by atoms with Crippen molar-refractivity contribution in [1.29, 1.82) is 0 Å². The molecule has 10 heteroatoms. The Kier molecular flexibility index (Phi) is 14.7. The number of piperazine rings is 1. The number of carbonyl (C=O) groups is 1. The molecule has 2 aliphatic carbocycles. The highest BCUT2D eigenvalue weighted by Gasteiger charge is 2.33. The first-order valence-corrected chi connectivity index (χ1v) is 16.5. The first kappa shape index (κ1) is 33.9. The van der Waals surface area contributed by atoms with E-state index in [4.69, 9.17) is 11.6 Å². The zero-order chi connectivity index (χ0) is 28.9. The SMILES string of the molecule is C1CC1.CC.CC(C)(COF)N1CCN(C(=O)CC2CC2)CC1.O=S(=O)(c1ccc(Cl)cc1)N1CCCCC1. The summed E-state index contributed by atoms with van der Waals surface area (Å²) in [6.45, 7) is 12.4. The Balaban J connectivity index is 0.000000234. The normalized spacial score (nSPS) is 19.9. The van der Waals surface area contributed by atoms with Gasteiger partial charge in [0.2, 0.25) is 15.9 Å². The van der Waals surface area contributed by atoms with Crippen molar-refractivity contribution < 1.29 is 22.7 Å². The number of hydrogen-bond acceptors (Lipinski definition) is 5. The number of piperidine rings is 1. The molecule has 7 nitrogen and oxygen atoms in total. The van der Waals surface area contributed by atoms with E-state index in [0.717, 1.165) is 51.9 Å². The molecular formula is C29H49ClFN3O4S. The maximum Gasteiger partial charge on any atom is 0.243 e. The molecule has 0 bridgehead atoms. The van der Waals surface area contributed by atoms with Gasteiger partial charge in [0.1, 0.15) is 6.61 Å². The molecule has 1 aromatic carbocycles. The van der Waals surface area contributed by atoms with Gasteiger partial charge in [-0.05, 0) is 74.2 Å². The molecule has 39 heavy (non-hydrogen) atoms. The highest BCUT2D eigenvalue weighted by Crippen LogP contribution is 2.33. The van der Waals surface area contributed by atoms with Crippen LogP contribution in [0.15, 0.2) is 29.2 Å². The van der Waals surface area contributed by atoms with Crippen molar-refractivity contribution in [3.05, 3.63) is 29.3 Å². The second-order valence-corrected chi connectivity index (χ2v) is 13.4. The number of benzene rings is 1. The van der Waals surface area contributed by atoms with Crippen molar-refractivity contribution in [2.24, 2.45) is 5.92 Å². The van der Waals surface area contributed by atoms with E-state index in [0.29, 0.717) is 28.9 Å². The van der Waals surface area contributed by atoms with Gasteiger partial charge in [0.15, 0.2) is 0 Å². The summed E-state index contributed by atoms with van der Waals surface area (Å²) in [5.41, 5.74) is -0.305. The third-order valence-corrected chi connectivity index (χ3v) is 9.34. The second kappa shape index (κ2) is 16.9. The Bertz CT molecular complexity index is 939. The summed E-state index contributed by atoms with van der Waals surface area (Å²) in [6, 6.07) is 6.34. The van der Waals surface area contributed by atoms with Crippen LogP contribution in [-0.2, 0) is 19.8 Å². The highest BCUT2D eigenvalue weighted by molar-refractivity contribution is 7.89. The van der Waals surface area contributed by atoms with E-state index in [-0.39, 0.29) is 18.1 Å². The quantitative estimate of drug-likeness (QED) is 0.372. The average Bonchev–Trinajstić information content (AvgIpc) is 3.86. The monoisotopic (exact) mass is 589 g/mol. The van der Waals surface area contributed by atoms with Crippen molar-refractivity contribution in [1.82, 2.24) is 14.1 Å². The molecule has 1 aromatic rings. The van der Waals surface area contributed by atoms with Gasteiger partial charge in [-0.1, -0.05) is 51.1 Å². The molecule has 4 fully saturated rings. The lowest BCUT2D eigenvalue weighted by Gasteiger charge is -2.43. The van der Waals surface area contributed by atoms with Crippen LogP contribution in [0, 0.1) is 5.92 Å². The Hall–Kier alpha value is -1.26. The Labute approximate surface area is 241 Å². The molecule has 5 rings (SSSR count). The number of carbonyl (C=O) groups excluding carboxylic acids is 1. The topological polar surface area (TPSA) is 70.2 Å². The van der Waals surface area contributed by atoms with E-state index < -0.39 is 10.0 Å². The summed E-state index contributed by atoms with van der Waals surface area (Å²) in [6.07, 6.45) is 10.7. The number of hydrogen-bond donors (Lipinski definition) is 0. The van der Waals surface area contributed by atoms with Crippen LogP contribution < -0.4 is 0 Å². The van der Waals surface area contributed by atoms with Crippen LogP contribution in [0.25, 0.3) is 0 Å². The fourth-order valence-electron chi connectivity index (χ4n) is 4.34. The van der Waals surface area contributed by atoms with Crippen LogP contribution in [0.2, 0.25) is 5.02 Å². The van der Waals surface area contributed by atoms with Crippen LogP contribution in [-0.4, -0.2) is 79.8 Å². The van der Waals surface area contributed by atoms with E-state index in [1.807, 2.05) is 32.6 Å². The lowest BCUT2D eigenvalue weighted by Crippen LogP contribution is -2.57. The number of amides is 1. The van der Waals surface area contributed by atoms with Gasteiger partial charge >= 0.3 is 0 Å². The number of rotatable bonds is 7. The Morgan fingerprint density at radius 1 is 0.923 bits per heavy atom. The molecule has 2 aliphatic heterocycles. The molecule has 2 saturated heterocycles. The van der Waals surface area contributed by atoms with E-state index in [9.17, 15) is 17.7 Å². The lowest BCUT2D eigenvalue weighted by molar-refractivity contribution is -0.168. The Morgan fingerprint density at radius 2 is 1.44 bits per heavy atom. The summed E-state index contributed by atoms with van der Waals surface area (Å²) in [7, 11) is -3.30. The van der Waals surface area contributed by atoms with Crippen LogP contribution in [0.5, 0.6) is 0 Å². The molecule has 0 atom stereocenters. The highest BCUT2D eigenvalue weighted by atomic mass is 35.5. The minimum Gasteiger partial charge on any atom is -0.340 e. The Morgan fingerprint density at radius 3 is 1.90 bits per heavy atom. The van der Waals surface area contributed by atoms with E-state index in [2.05, 4.69) is 9.84 Å². The molecule has 0 spiro atoms. The molecule has 0 aromatic heterocycles. The van der Waals surface area contributed by atoms with Gasteiger partial charge in [-0.2, -0.15) is 9.25 Å². The summed E-state index contributed by atoms with van der Waals surface area (Å²) < 4.78 is 37.9. The van der Waals surface area contributed by atoms with Gasteiger partial charge in [0.25, 0.3) is 0 Å². The zero-order valence-corrected chi connectivity index (χ0v) is 25.9. The minimum absolute atomic E-state index is 0.0724. The summed E-state index contributed by atoms with van der Waals surface area (Å²) in [5, 5.41) is 0.553. The predicted molar refractivity (Wildman–Crippen MR) is 156 cm³/mol. The van der Waals surface area contributed by atoms with Gasteiger partial charge in [0, 0.05) is 56.3 Å². The fourth-order valence-corrected chi connectivity index (χ4v) is 5.99. The zero-order valence-electron chi connectivity index (χ0n) is 24.3. The first-order valence-electron chi connectivity index (χ1n) is 14.7. The first-order chi connectivity index (χ1) is 18.6. The van der Waals surface area contributed by atoms with Gasteiger partial charge in [-0.15, -0.1) is 0 Å². The third-order valence-electron chi connectivity index (χ3n) is 7.18. The number of nitrogens with zero attached hydrogens (tertiary/aromatic N) is 3. The van der Waals surface area contributed by atoms with Crippen molar-refractivity contribution in [3.63, 3.8) is 0 Å². The van der Waals surface area contributed by atoms with Gasteiger partial charge < -0.3 is 4.90 Å². The molecule has 1 amide bonds. The number of sulfonamides is 1. The van der Waals surface area contributed by atoms with E-state index in [1.165, 1.54) is 32.1 Å². The molecular weight excluding hydrogens is 541 g/mol. The average molecular weight is 590 g/mol. The maximum atomic E-state index is 12.2. The molecule has 2 heterocycles. The van der Waals surface area contributed by atoms with Crippen LogP contribution in [0.1, 0.15) is 85.5 Å². The molecule has 4 aliphatic rings. The maximum absolute atomic E-state index is 12.2. The molecule has 0 unspecified atom stereocenters. The number of halogens is 2. The molecule has 224 valence electrons. The minimum atomic E-state index is -3.30. The van der Waals surface area contributed by atoms with Gasteiger partial charge in [-0.25, -0.2) is 8.42 Å². The van der Waals surface area contributed by atoms with Gasteiger partial charge in [0.05, 0.1) is 4.90 Å². The van der Waals surface area contributed by atoms with Crippen LogP contribution in [0.4, 0.5) is 4.53 Å². The van der Waals surface area contributed by atoms with Crippen molar-refractivity contribution in [2.75, 3.05) is 45.9 Å².